The van der Waals surface area contributed by atoms with E-state index in [1.54, 1.807) is 20.8 Å². The number of nitrogens with two attached hydrogens (primary N) is 1. The highest BCUT2D eigenvalue weighted by molar-refractivity contribution is 7.89. The van der Waals surface area contributed by atoms with Crippen LogP contribution in [0.15, 0.2) is 30.3 Å². The molecule has 0 bridgehead atoms. The van der Waals surface area contributed by atoms with Crippen molar-refractivity contribution in [1.82, 2.24) is 9.62 Å². The summed E-state index contributed by atoms with van der Waals surface area (Å²) in [5.41, 5.74) is 6.09. The molecule has 1 fully saturated rings. The van der Waals surface area contributed by atoms with Gasteiger partial charge in [-0.25, -0.2) is 17.5 Å². The highest BCUT2D eigenvalue weighted by Gasteiger charge is 2.29. The van der Waals surface area contributed by atoms with Crippen LogP contribution in [0.4, 0.5) is 0 Å². The van der Waals surface area contributed by atoms with Crippen molar-refractivity contribution in [2.45, 2.75) is 64.1 Å². The predicted octanol–water partition coefficient (Wildman–Crippen LogP) is 1.22. The summed E-state index contributed by atoms with van der Waals surface area (Å²) < 4.78 is 37.0. The number of nitrogens with zero attached hydrogens (tertiary/aromatic N) is 1. The molecular formula is C23H37N3O6S. The molecule has 1 aliphatic rings. The molecule has 2 atom stereocenters. The SMILES string of the molecule is CC(C)(C)OC(=O)[C@H](Cc1ccccc1)NC(=O)[C@@H](N)COCCS(=O)(=O)N1CCCCC1. The Labute approximate surface area is 197 Å². The molecule has 0 unspecified atom stereocenters. The van der Waals surface area contributed by atoms with E-state index in [1.165, 1.54) is 4.31 Å². The van der Waals surface area contributed by atoms with Crippen molar-refractivity contribution in [2.24, 2.45) is 5.73 Å². The summed E-state index contributed by atoms with van der Waals surface area (Å²) in [4.78, 5) is 25.3. The number of rotatable bonds is 11. The van der Waals surface area contributed by atoms with Crippen LogP contribution < -0.4 is 11.1 Å². The van der Waals surface area contributed by atoms with Gasteiger partial charge in [0.1, 0.15) is 17.7 Å². The van der Waals surface area contributed by atoms with E-state index in [0.717, 1.165) is 24.8 Å². The van der Waals surface area contributed by atoms with E-state index in [4.69, 9.17) is 15.2 Å². The van der Waals surface area contributed by atoms with Gasteiger partial charge in [0.2, 0.25) is 15.9 Å². The molecule has 0 aromatic heterocycles. The Morgan fingerprint density at radius 3 is 2.36 bits per heavy atom. The quantitative estimate of drug-likeness (QED) is 0.358. The average molecular weight is 484 g/mol. The third-order valence-corrected chi connectivity index (χ3v) is 6.95. The number of ether oxygens (including phenoxy) is 2. The molecule has 186 valence electrons. The highest BCUT2D eigenvalue weighted by atomic mass is 32.2. The van der Waals surface area contributed by atoms with Crippen LogP contribution in [0.1, 0.15) is 45.6 Å². The summed E-state index contributed by atoms with van der Waals surface area (Å²) in [6.07, 6.45) is 3.03. The second-order valence-electron chi connectivity index (χ2n) is 9.24. The van der Waals surface area contributed by atoms with Gasteiger partial charge in [0.05, 0.1) is 19.0 Å². The van der Waals surface area contributed by atoms with Gasteiger partial charge in [-0.2, -0.15) is 0 Å². The first kappa shape index (κ1) is 27.2. The van der Waals surface area contributed by atoms with Crippen LogP contribution in [0.5, 0.6) is 0 Å². The maximum absolute atomic E-state index is 12.7. The summed E-state index contributed by atoms with van der Waals surface area (Å²) in [6, 6.07) is 7.31. The Balaban J connectivity index is 1.86. The number of carbonyl (C=O) groups excluding carboxylic acids is 2. The third kappa shape index (κ3) is 9.79. The molecule has 2 rings (SSSR count). The van der Waals surface area contributed by atoms with Crippen LogP contribution >= 0.6 is 0 Å². The van der Waals surface area contributed by atoms with Crippen LogP contribution in [0, 0.1) is 0 Å². The standard InChI is InChI=1S/C23H37N3O6S/c1-23(2,3)32-22(28)20(16-18-10-6-4-7-11-18)25-21(27)19(24)17-31-14-15-33(29,30)26-12-8-5-9-13-26/h4,6-7,10-11,19-20H,5,8-9,12-17,24H2,1-3H3,(H,25,27)/t19-,20-/m0/s1. The van der Waals surface area contributed by atoms with Gasteiger partial charge < -0.3 is 20.5 Å². The Kier molecular flexibility index (Phi) is 10.3. The fraction of sp³-hybridized carbons (Fsp3) is 0.652. The average Bonchev–Trinajstić information content (AvgIpc) is 2.76. The summed E-state index contributed by atoms with van der Waals surface area (Å²) >= 11 is 0. The molecule has 9 nitrogen and oxygen atoms in total. The molecule has 10 heteroatoms. The maximum atomic E-state index is 12.7. The van der Waals surface area contributed by atoms with E-state index in [1.807, 2.05) is 30.3 Å². The van der Waals surface area contributed by atoms with Gasteiger partial charge in [0, 0.05) is 19.5 Å². The molecule has 0 aliphatic carbocycles. The van der Waals surface area contributed by atoms with Gasteiger partial charge in [-0.1, -0.05) is 36.8 Å². The third-order valence-electron chi connectivity index (χ3n) is 5.12. The van der Waals surface area contributed by atoms with E-state index in [9.17, 15) is 18.0 Å². The Hall–Kier alpha value is -2.01. The van der Waals surface area contributed by atoms with Crippen LogP contribution in [0.3, 0.4) is 0 Å². The zero-order valence-corrected chi connectivity index (χ0v) is 20.6. The van der Waals surface area contributed by atoms with Crippen LogP contribution in [-0.4, -0.2) is 74.3 Å². The topological polar surface area (TPSA) is 128 Å². The molecule has 0 radical (unpaired) electrons. The monoisotopic (exact) mass is 483 g/mol. The number of sulfonamides is 1. The lowest BCUT2D eigenvalue weighted by atomic mass is 10.0. The molecule has 3 N–H and O–H groups in total. The second-order valence-corrected chi connectivity index (χ2v) is 11.3. The largest absolute Gasteiger partial charge is 0.458 e. The molecule has 0 saturated carbocycles. The molecule has 1 aromatic rings. The minimum absolute atomic E-state index is 0.0562. The molecule has 1 aromatic carbocycles. The second kappa shape index (κ2) is 12.5. The minimum atomic E-state index is -3.38. The number of hydrogen-bond donors (Lipinski definition) is 2. The first-order chi connectivity index (χ1) is 15.5. The number of amides is 1. The van der Waals surface area contributed by atoms with Crippen molar-refractivity contribution in [2.75, 3.05) is 32.1 Å². The normalized spacial score (nSPS) is 17.2. The molecule has 0 spiro atoms. The van der Waals surface area contributed by atoms with Crippen molar-refractivity contribution in [3.8, 4) is 0 Å². The van der Waals surface area contributed by atoms with Crippen molar-refractivity contribution in [3.05, 3.63) is 35.9 Å². The van der Waals surface area contributed by atoms with Gasteiger partial charge in [-0.15, -0.1) is 0 Å². The molecule has 1 saturated heterocycles. The van der Waals surface area contributed by atoms with E-state index < -0.39 is 39.6 Å². The van der Waals surface area contributed by atoms with Gasteiger partial charge in [0.25, 0.3) is 0 Å². The number of nitrogens with one attached hydrogen (secondary N) is 1. The first-order valence-corrected chi connectivity index (χ1v) is 13.0. The van der Waals surface area contributed by atoms with Crippen molar-refractivity contribution in [3.63, 3.8) is 0 Å². The van der Waals surface area contributed by atoms with Gasteiger partial charge in [-0.3, -0.25) is 4.79 Å². The van der Waals surface area contributed by atoms with Crippen LogP contribution in [0.25, 0.3) is 0 Å². The summed E-state index contributed by atoms with van der Waals surface area (Å²) in [5, 5.41) is 2.65. The van der Waals surface area contributed by atoms with Crippen molar-refractivity contribution >= 4 is 21.9 Å². The minimum Gasteiger partial charge on any atom is -0.458 e. The predicted molar refractivity (Wildman–Crippen MR) is 126 cm³/mol. The number of hydrogen-bond acceptors (Lipinski definition) is 7. The van der Waals surface area contributed by atoms with E-state index in [0.29, 0.717) is 13.1 Å². The zero-order valence-electron chi connectivity index (χ0n) is 19.8. The zero-order chi connectivity index (χ0) is 24.5. The van der Waals surface area contributed by atoms with Crippen molar-refractivity contribution in [1.29, 1.82) is 0 Å². The number of piperidine rings is 1. The van der Waals surface area contributed by atoms with Gasteiger partial charge in [-0.05, 0) is 39.2 Å². The molecule has 1 heterocycles. The Morgan fingerprint density at radius 1 is 1.12 bits per heavy atom. The van der Waals surface area contributed by atoms with Gasteiger partial charge >= 0.3 is 5.97 Å². The smallest absolute Gasteiger partial charge is 0.329 e. The highest BCUT2D eigenvalue weighted by Crippen LogP contribution is 2.14. The lowest BCUT2D eigenvalue weighted by Gasteiger charge is -2.26. The lowest BCUT2D eigenvalue weighted by molar-refractivity contribution is -0.158. The number of carbonyl (C=O) groups is 2. The molecular weight excluding hydrogens is 446 g/mol. The molecule has 33 heavy (non-hydrogen) atoms. The fourth-order valence-electron chi connectivity index (χ4n) is 3.42. The first-order valence-electron chi connectivity index (χ1n) is 11.4. The number of esters is 1. The van der Waals surface area contributed by atoms with Gasteiger partial charge in [0.15, 0.2) is 0 Å². The summed E-state index contributed by atoms with van der Waals surface area (Å²) in [5.74, 6) is -1.28. The number of benzene rings is 1. The Morgan fingerprint density at radius 2 is 1.76 bits per heavy atom. The van der Waals surface area contributed by atoms with Crippen LogP contribution in [-0.2, 0) is 35.5 Å². The Bertz CT molecular complexity index is 864. The maximum Gasteiger partial charge on any atom is 0.329 e. The van der Waals surface area contributed by atoms with E-state index in [2.05, 4.69) is 5.32 Å². The van der Waals surface area contributed by atoms with E-state index in [-0.39, 0.29) is 25.4 Å². The summed E-state index contributed by atoms with van der Waals surface area (Å²) in [7, 11) is -3.38. The van der Waals surface area contributed by atoms with Crippen LogP contribution in [0.2, 0.25) is 0 Å². The molecule has 1 aliphatic heterocycles. The summed E-state index contributed by atoms with van der Waals surface area (Å²) in [6.45, 7) is 6.12. The van der Waals surface area contributed by atoms with Crippen molar-refractivity contribution < 1.29 is 27.5 Å². The fourth-order valence-corrected chi connectivity index (χ4v) is 4.82. The van der Waals surface area contributed by atoms with E-state index >= 15 is 0 Å². The lowest BCUT2D eigenvalue weighted by Crippen LogP contribution is -2.52. The molecule has 1 amide bonds.